The third-order valence-corrected chi connectivity index (χ3v) is 6.71. The summed E-state index contributed by atoms with van der Waals surface area (Å²) < 4.78 is 11.3. The summed E-state index contributed by atoms with van der Waals surface area (Å²) in [6, 6.07) is 17.7. The first-order chi connectivity index (χ1) is 16.7. The number of likely N-dealkylation sites (N-methyl/N-ethyl adjacent to an activating group) is 1. The maximum Gasteiger partial charge on any atom is 0.285 e. The Labute approximate surface area is 204 Å². The van der Waals surface area contributed by atoms with Gasteiger partial charge in [0.1, 0.15) is 12.4 Å². The fraction of sp³-hybridized carbons (Fsp3) is 0.385. The number of nitrogens with zero attached hydrogens (tertiary/aromatic N) is 2. The van der Waals surface area contributed by atoms with E-state index in [1.54, 1.807) is 6.07 Å². The molecule has 1 amide bonds. The van der Waals surface area contributed by atoms with E-state index < -0.39 is 0 Å². The van der Waals surface area contributed by atoms with E-state index >= 15 is 0 Å². The Morgan fingerprint density at radius 1 is 1.18 bits per heavy atom. The number of carbonyl (C=O) groups is 1. The molecule has 2 aromatic heterocycles. The van der Waals surface area contributed by atoms with E-state index in [1.165, 1.54) is 11.3 Å². The van der Waals surface area contributed by atoms with Crippen molar-refractivity contribution in [3.63, 3.8) is 0 Å². The van der Waals surface area contributed by atoms with Crippen molar-refractivity contribution < 1.29 is 19.1 Å². The molecule has 7 nitrogen and oxygen atoms in total. The molecular weight excluding hydrogens is 450 g/mol. The number of thiophene rings is 1. The van der Waals surface area contributed by atoms with Gasteiger partial charge in [-0.3, -0.25) is 14.7 Å². The molecule has 0 saturated carbocycles. The molecule has 180 valence electrons. The zero-order valence-corrected chi connectivity index (χ0v) is 20.3. The van der Waals surface area contributed by atoms with Gasteiger partial charge in [-0.25, -0.2) is 10.3 Å². The Hall–Kier alpha value is -2.78. The van der Waals surface area contributed by atoms with Gasteiger partial charge in [-0.1, -0.05) is 31.2 Å². The van der Waals surface area contributed by atoms with Gasteiger partial charge in [-0.05, 0) is 55.3 Å². The molecule has 34 heavy (non-hydrogen) atoms. The topological polar surface area (TPSA) is 72.9 Å². The lowest BCUT2D eigenvalue weighted by Gasteiger charge is -2.21. The number of ether oxygens (including phenoxy) is 2. The summed E-state index contributed by atoms with van der Waals surface area (Å²) in [5, 5.41) is 0. The third-order valence-electron chi connectivity index (χ3n) is 5.60. The van der Waals surface area contributed by atoms with Crippen molar-refractivity contribution in [2.45, 2.75) is 39.0 Å². The van der Waals surface area contributed by atoms with E-state index in [-0.39, 0.29) is 12.2 Å². The van der Waals surface area contributed by atoms with E-state index in [1.807, 2.05) is 48.7 Å². The van der Waals surface area contributed by atoms with Crippen LogP contribution in [0.4, 0.5) is 0 Å². The highest BCUT2D eigenvalue weighted by Gasteiger charge is 2.17. The molecule has 1 unspecified atom stereocenters. The summed E-state index contributed by atoms with van der Waals surface area (Å²) in [5.41, 5.74) is 4.49. The number of para-hydroxylation sites is 1. The van der Waals surface area contributed by atoms with Crippen LogP contribution in [0.15, 0.2) is 60.8 Å². The first-order valence-electron chi connectivity index (χ1n) is 11.7. The maximum atomic E-state index is 12.4. The average Bonchev–Trinajstić information content (AvgIpc) is 3.39. The predicted molar refractivity (Wildman–Crippen MR) is 133 cm³/mol. The van der Waals surface area contributed by atoms with Crippen LogP contribution >= 0.6 is 11.3 Å². The second kappa shape index (κ2) is 12.6. The van der Waals surface area contributed by atoms with Crippen molar-refractivity contribution in [1.82, 2.24) is 15.4 Å². The molecule has 8 heteroatoms. The number of pyridine rings is 1. The number of hydrogen-bond donors (Lipinski definition) is 1. The Kier molecular flexibility index (Phi) is 9.04. The Balaban J connectivity index is 1.26. The van der Waals surface area contributed by atoms with Crippen molar-refractivity contribution in [3.05, 3.63) is 71.2 Å². The minimum Gasteiger partial charge on any atom is -0.492 e. The lowest BCUT2D eigenvalue weighted by molar-refractivity contribution is -0.186. The molecular formula is C26H31N3O4S. The third kappa shape index (κ3) is 7.11. The molecule has 3 aromatic rings. The molecule has 1 aromatic carbocycles. The Morgan fingerprint density at radius 2 is 2.06 bits per heavy atom. The van der Waals surface area contributed by atoms with Gasteiger partial charge >= 0.3 is 0 Å². The normalized spacial score (nSPS) is 15.9. The van der Waals surface area contributed by atoms with E-state index in [4.69, 9.17) is 14.3 Å². The zero-order valence-electron chi connectivity index (χ0n) is 19.4. The van der Waals surface area contributed by atoms with Crippen LogP contribution in [-0.2, 0) is 16.1 Å². The minimum absolute atomic E-state index is 0.265. The smallest absolute Gasteiger partial charge is 0.285 e. The molecule has 1 aliphatic rings. The SMILES string of the molecule is CCN(CCOc1ccccc1)Cc1ccc(-c2ccc(C(=O)NOC3CCCCO3)s2)nc1. The van der Waals surface area contributed by atoms with Crippen molar-refractivity contribution in [1.29, 1.82) is 0 Å². The number of rotatable bonds is 11. The van der Waals surface area contributed by atoms with Gasteiger partial charge in [0.15, 0.2) is 6.29 Å². The number of benzene rings is 1. The lowest BCUT2D eigenvalue weighted by Crippen LogP contribution is -2.32. The van der Waals surface area contributed by atoms with Crippen LogP contribution in [0.25, 0.3) is 10.6 Å². The number of nitrogens with one attached hydrogen (secondary N) is 1. The molecule has 1 aliphatic heterocycles. The van der Waals surface area contributed by atoms with Crippen LogP contribution in [0.1, 0.15) is 41.4 Å². The Bertz CT molecular complexity index is 1020. The summed E-state index contributed by atoms with van der Waals surface area (Å²) in [6.45, 7) is 6.03. The van der Waals surface area contributed by atoms with Gasteiger partial charge in [-0.15, -0.1) is 11.3 Å². The largest absolute Gasteiger partial charge is 0.492 e. The van der Waals surface area contributed by atoms with Gasteiger partial charge in [0, 0.05) is 32.3 Å². The van der Waals surface area contributed by atoms with Crippen molar-refractivity contribution >= 4 is 17.2 Å². The molecule has 0 aliphatic carbocycles. The van der Waals surface area contributed by atoms with Crippen LogP contribution in [0.2, 0.25) is 0 Å². The van der Waals surface area contributed by atoms with Crippen LogP contribution in [0, 0.1) is 0 Å². The second-order valence-corrected chi connectivity index (χ2v) is 9.17. The molecule has 1 fully saturated rings. The van der Waals surface area contributed by atoms with E-state index in [0.29, 0.717) is 18.1 Å². The number of amides is 1. The van der Waals surface area contributed by atoms with Crippen LogP contribution in [0.3, 0.4) is 0 Å². The molecule has 4 rings (SSSR count). The predicted octanol–water partition coefficient (Wildman–Crippen LogP) is 4.90. The summed E-state index contributed by atoms with van der Waals surface area (Å²) in [5.74, 6) is 0.626. The first kappa shape index (κ1) is 24.3. The van der Waals surface area contributed by atoms with Crippen LogP contribution < -0.4 is 10.2 Å². The highest BCUT2D eigenvalue weighted by Crippen LogP contribution is 2.27. The van der Waals surface area contributed by atoms with Crippen LogP contribution in [0.5, 0.6) is 5.75 Å². The number of aromatic nitrogens is 1. The minimum atomic E-state index is -0.362. The molecule has 0 spiro atoms. The van der Waals surface area contributed by atoms with Crippen molar-refractivity contribution in [3.8, 4) is 16.3 Å². The summed E-state index contributed by atoms with van der Waals surface area (Å²) in [6.07, 6.45) is 4.41. The summed E-state index contributed by atoms with van der Waals surface area (Å²) >= 11 is 1.39. The monoisotopic (exact) mass is 481 g/mol. The molecule has 1 N–H and O–H groups in total. The second-order valence-electron chi connectivity index (χ2n) is 8.09. The van der Waals surface area contributed by atoms with Gasteiger partial charge in [0.05, 0.1) is 15.4 Å². The van der Waals surface area contributed by atoms with Crippen LogP contribution in [-0.4, -0.2) is 48.4 Å². The summed E-state index contributed by atoms with van der Waals surface area (Å²) in [4.78, 5) is 26.2. The standard InChI is InChI=1S/C26H31N3O4S/c1-2-29(15-17-31-21-8-4-3-5-9-21)19-20-11-12-22(27-18-20)23-13-14-24(34-23)26(30)28-33-25-10-6-7-16-32-25/h3-5,8-9,11-14,18,25H,2,6-7,10,15-17,19H2,1H3,(H,28,30). The summed E-state index contributed by atoms with van der Waals surface area (Å²) in [7, 11) is 0. The fourth-order valence-electron chi connectivity index (χ4n) is 3.65. The quantitative estimate of drug-likeness (QED) is 0.393. The zero-order chi connectivity index (χ0) is 23.6. The Morgan fingerprint density at radius 3 is 2.79 bits per heavy atom. The number of carbonyl (C=O) groups excluding carboxylic acids is 1. The molecule has 0 bridgehead atoms. The van der Waals surface area contributed by atoms with Gasteiger partial charge in [-0.2, -0.15) is 0 Å². The number of hydrogen-bond acceptors (Lipinski definition) is 7. The van der Waals surface area contributed by atoms with Gasteiger partial charge in [0.25, 0.3) is 5.91 Å². The van der Waals surface area contributed by atoms with E-state index in [2.05, 4.69) is 28.4 Å². The highest BCUT2D eigenvalue weighted by molar-refractivity contribution is 7.17. The lowest BCUT2D eigenvalue weighted by atomic mass is 10.2. The number of hydroxylamine groups is 1. The van der Waals surface area contributed by atoms with Crippen molar-refractivity contribution in [2.75, 3.05) is 26.3 Å². The molecule has 3 heterocycles. The van der Waals surface area contributed by atoms with Crippen molar-refractivity contribution in [2.24, 2.45) is 0 Å². The van der Waals surface area contributed by atoms with E-state index in [9.17, 15) is 4.79 Å². The average molecular weight is 482 g/mol. The molecule has 1 atom stereocenters. The van der Waals surface area contributed by atoms with E-state index in [0.717, 1.165) is 60.8 Å². The maximum absolute atomic E-state index is 12.4. The fourth-order valence-corrected chi connectivity index (χ4v) is 4.52. The highest BCUT2D eigenvalue weighted by atomic mass is 32.1. The van der Waals surface area contributed by atoms with Gasteiger partial charge in [0.2, 0.25) is 0 Å². The first-order valence-corrected chi connectivity index (χ1v) is 12.6. The molecule has 0 radical (unpaired) electrons. The van der Waals surface area contributed by atoms with Gasteiger partial charge < -0.3 is 9.47 Å². The molecule has 1 saturated heterocycles.